The molecule has 0 radical (unpaired) electrons. The molecule has 0 N–H and O–H groups in total. The molecule has 2 aromatic heterocycles. The van der Waals surface area contributed by atoms with Crippen LogP contribution < -0.4 is 14.9 Å². The van der Waals surface area contributed by atoms with Crippen molar-refractivity contribution >= 4 is 44.8 Å². The van der Waals surface area contributed by atoms with E-state index in [9.17, 15) is 14.4 Å². The molecule has 0 saturated carbocycles. The van der Waals surface area contributed by atoms with Crippen molar-refractivity contribution < 1.29 is 28.5 Å². The van der Waals surface area contributed by atoms with Gasteiger partial charge in [0, 0.05) is 32.3 Å². The van der Waals surface area contributed by atoms with Crippen LogP contribution >= 0.6 is 0 Å². The predicted molar refractivity (Wildman–Crippen MR) is 133 cm³/mol. The number of hydrogen-bond acceptors (Lipinski definition) is 8. The van der Waals surface area contributed by atoms with Gasteiger partial charge in [0.15, 0.2) is 12.2 Å². The van der Waals surface area contributed by atoms with Crippen molar-refractivity contribution in [1.29, 1.82) is 0 Å². The summed E-state index contributed by atoms with van der Waals surface area (Å²) in [5, 5.41) is 1.12. The van der Waals surface area contributed by atoms with Crippen LogP contribution in [-0.2, 0) is 26.1 Å². The molecule has 1 aliphatic heterocycles. The molecular formula is C27H26N2O7. The summed E-state index contributed by atoms with van der Waals surface area (Å²) in [7, 11) is 3.27. The number of hydrogen-bond donors (Lipinski definition) is 0. The highest BCUT2D eigenvalue weighted by Gasteiger charge is 2.50. The summed E-state index contributed by atoms with van der Waals surface area (Å²) in [4.78, 5) is 42.8. The van der Waals surface area contributed by atoms with Gasteiger partial charge in [0.05, 0.1) is 34.6 Å². The third kappa shape index (κ3) is 3.54. The zero-order valence-electron chi connectivity index (χ0n) is 20.9. The molecule has 0 aliphatic carbocycles. The molecule has 0 saturated heterocycles. The number of carbonyl (C=O) groups is 2. The van der Waals surface area contributed by atoms with E-state index in [1.807, 2.05) is 34.9 Å². The number of nitrogens with zero attached hydrogens (tertiary/aromatic N) is 2. The Balaban J connectivity index is 1.96. The lowest BCUT2D eigenvalue weighted by molar-refractivity contribution is -0.187. The van der Waals surface area contributed by atoms with E-state index < -0.39 is 29.7 Å². The first-order chi connectivity index (χ1) is 17.0. The second kappa shape index (κ2) is 8.22. The first-order valence-corrected chi connectivity index (χ1v) is 11.5. The summed E-state index contributed by atoms with van der Waals surface area (Å²) in [5.41, 5.74) is 1.02. The Morgan fingerprint density at radius 1 is 1.08 bits per heavy atom. The number of para-hydroxylation sites is 1. The Labute approximate surface area is 206 Å². The molecule has 0 spiro atoms. The number of fused-ring (bicyclic) bond motifs is 5. The third-order valence-electron chi connectivity index (χ3n) is 6.53. The number of esters is 2. The van der Waals surface area contributed by atoms with Crippen LogP contribution in [0.1, 0.15) is 39.4 Å². The summed E-state index contributed by atoms with van der Waals surface area (Å²) in [6.45, 7) is 6.05. The highest BCUT2D eigenvalue weighted by molar-refractivity contribution is 6.01. The quantitative estimate of drug-likeness (QED) is 0.314. The Hall–Kier alpha value is -4.14. The van der Waals surface area contributed by atoms with Gasteiger partial charge in [-0.25, -0.2) is 4.98 Å². The molecule has 2 aromatic carbocycles. The van der Waals surface area contributed by atoms with Crippen molar-refractivity contribution in [3.8, 4) is 11.5 Å². The minimum absolute atomic E-state index is 0.260. The largest absolute Gasteiger partial charge is 0.496 e. The molecule has 3 heterocycles. The lowest BCUT2D eigenvalue weighted by Gasteiger charge is -2.43. The number of carbonyl (C=O) groups excluding carboxylic acids is 2. The van der Waals surface area contributed by atoms with Crippen molar-refractivity contribution in [3.05, 3.63) is 52.2 Å². The first kappa shape index (κ1) is 23.6. The maximum Gasteiger partial charge on any atom is 0.303 e. The van der Waals surface area contributed by atoms with Crippen LogP contribution in [0.25, 0.3) is 32.8 Å². The zero-order chi connectivity index (χ0) is 25.9. The summed E-state index contributed by atoms with van der Waals surface area (Å²) < 4.78 is 25.1. The Morgan fingerprint density at radius 2 is 1.78 bits per heavy atom. The van der Waals surface area contributed by atoms with Crippen molar-refractivity contribution in [3.63, 3.8) is 0 Å². The molecule has 5 rings (SSSR count). The van der Waals surface area contributed by atoms with Gasteiger partial charge in [-0.05, 0) is 26.0 Å². The van der Waals surface area contributed by atoms with Crippen molar-refractivity contribution in [2.75, 3.05) is 7.11 Å². The Morgan fingerprint density at radius 3 is 2.44 bits per heavy atom. The summed E-state index contributed by atoms with van der Waals surface area (Å²) >= 11 is 0. The maximum absolute atomic E-state index is 13.9. The van der Waals surface area contributed by atoms with Crippen LogP contribution in [0.2, 0.25) is 0 Å². The van der Waals surface area contributed by atoms with Gasteiger partial charge in [0.2, 0.25) is 5.43 Å². The first-order valence-electron chi connectivity index (χ1n) is 11.5. The molecule has 2 atom stereocenters. The molecule has 9 nitrogen and oxygen atoms in total. The molecule has 0 amide bonds. The van der Waals surface area contributed by atoms with Crippen LogP contribution in [0.4, 0.5) is 0 Å². The van der Waals surface area contributed by atoms with Gasteiger partial charge >= 0.3 is 11.9 Å². The van der Waals surface area contributed by atoms with Crippen LogP contribution in [-0.4, -0.2) is 40.3 Å². The smallest absolute Gasteiger partial charge is 0.303 e. The maximum atomic E-state index is 13.9. The number of ether oxygens (including phenoxy) is 4. The number of aromatic nitrogens is 2. The third-order valence-corrected chi connectivity index (χ3v) is 6.53. The van der Waals surface area contributed by atoms with Gasteiger partial charge in [-0.3, -0.25) is 14.4 Å². The van der Waals surface area contributed by atoms with E-state index in [-0.39, 0.29) is 16.3 Å². The van der Waals surface area contributed by atoms with E-state index in [0.717, 1.165) is 5.39 Å². The van der Waals surface area contributed by atoms with E-state index in [2.05, 4.69) is 4.98 Å². The number of aryl methyl sites for hydroxylation is 1. The molecule has 4 aromatic rings. The lowest BCUT2D eigenvalue weighted by atomic mass is 9.86. The van der Waals surface area contributed by atoms with Crippen molar-refractivity contribution in [1.82, 2.24) is 9.55 Å². The van der Waals surface area contributed by atoms with Crippen LogP contribution in [0, 0.1) is 0 Å². The van der Waals surface area contributed by atoms with Gasteiger partial charge < -0.3 is 23.5 Å². The second-order valence-electron chi connectivity index (χ2n) is 9.42. The molecule has 9 heteroatoms. The van der Waals surface area contributed by atoms with E-state index >= 15 is 0 Å². The molecule has 2 unspecified atom stereocenters. The minimum Gasteiger partial charge on any atom is -0.496 e. The molecule has 186 valence electrons. The highest BCUT2D eigenvalue weighted by atomic mass is 16.6. The van der Waals surface area contributed by atoms with E-state index in [1.165, 1.54) is 21.0 Å². The Bertz CT molecular complexity index is 1640. The summed E-state index contributed by atoms with van der Waals surface area (Å²) in [6, 6.07) is 11.0. The second-order valence-corrected chi connectivity index (χ2v) is 9.42. The van der Waals surface area contributed by atoms with Gasteiger partial charge in [0.25, 0.3) is 0 Å². The average Bonchev–Trinajstić information content (AvgIpc) is 2.82. The Kier molecular flexibility index (Phi) is 5.39. The summed E-state index contributed by atoms with van der Waals surface area (Å²) in [6.07, 6.45) is -2.00. The molecule has 1 aliphatic rings. The molecule has 0 bridgehead atoms. The average molecular weight is 491 g/mol. The standard InChI is InChI=1S/C27H26N2O7/c1-13(30)34-25-21-19(36-27(3,4)26(25)35-14(2)31)12-18(33-6)20-23(21)29(5)17-11-15-9-7-8-10-16(15)28-22(17)24(20)32/h7-12,25-26H,1-6H3. The molecule has 0 fully saturated rings. The SMILES string of the molecule is COc1cc2c(c3c1c(=O)c1nc4ccccc4cc1n3C)C(OC(C)=O)C(OC(C)=O)C(C)(C)O2. The fourth-order valence-electron chi connectivity index (χ4n) is 5.03. The van der Waals surface area contributed by atoms with Crippen molar-refractivity contribution in [2.45, 2.75) is 45.5 Å². The van der Waals surface area contributed by atoms with E-state index in [4.69, 9.17) is 18.9 Å². The monoisotopic (exact) mass is 490 g/mol. The van der Waals surface area contributed by atoms with Gasteiger partial charge in [0.1, 0.15) is 22.6 Å². The normalized spacial score (nSPS) is 18.5. The minimum atomic E-state index is -1.05. The topological polar surface area (TPSA) is 106 Å². The van der Waals surface area contributed by atoms with Gasteiger partial charge in [-0.2, -0.15) is 0 Å². The van der Waals surface area contributed by atoms with Crippen LogP contribution in [0.3, 0.4) is 0 Å². The van der Waals surface area contributed by atoms with Crippen LogP contribution in [0.5, 0.6) is 11.5 Å². The number of methoxy groups -OCH3 is 1. The van der Waals surface area contributed by atoms with E-state index in [1.54, 1.807) is 27.0 Å². The molecular weight excluding hydrogens is 464 g/mol. The highest BCUT2D eigenvalue weighted by Crippen LogP contribution is 2.49. The summed E-state index contributed by atoms with van der Waals surface area (Å²) in [5.74, 6) is -0.458. The van der Waals surface area contributed by atoms with Gasteiger partial charge in [-0.15, -0.1) is 0 Å². The van der Waals surface area contributed by atoms with Crippen molar-refractivity contribution in [2.24, 2.45) is 7.05 Å². The van der Waals surface area contributed by atoms with E-state index in [0.29, 0.717) is 33.6 Å². The predicted octanol–water partition coefficient (Wildman–Crippen LogP) is 3.96. The molecule has 36 heavy (non-hydrogen) atoms. The fourth-order valence-corrected chi connectivity index (χ4v) is 5.03. The van der Waals surface area contributed by atoms with Crippen LogP contribution in [0.15, 0.2) is 41.2 Å². The fraction of sp³-hybridized carbons (Fsp3) is 0.333. The zero-order valence-corrected chi connectivity index (χ0v) is 20.9. The number of benzene rings is 2. The number of pyridine rings is 2. The van der Waals surface area contributed by atoms with Gasteiger partial charge in [-0.1, -0.05) is 18.2 Å². The lowest BCUT2D eigenvalue weighted by Crippen LogP contribution is -2.52. The number of rotatable bonds is 3.